The fourth-order valence-electron chi connectivity index (χ4n) is 2.88. The van der Waals surface area contributed by atoms with Crippen LogP contribution in [0.1, 0.15) is 33.1 Å². The van der Waals surface area contributed by atoms with E-state index in [1.165, 1.54) is 4.31 Å². The van der Waals surface area contributed by atoms with Gasteiger partial charge in [-0.1, -0.05) is 15.9 Å². The summed E-state index contributed by atoms with van der Waals surface area (Å²) < 4.78 is 33.3. The van der Waals surface area contributed by atoms with Crippen LogP contribution in [-0.2, 0) is 19.6 Å². The number of carbonyl (C=O) groups excluding carboxylic acids is 1. The van der Waals surface area contributed by atoms with Crippen molar-refractivity contribution in [2.24, 2.45) is 5.92 Å². The van der Waals surface area contributed by atoms with E-state index in [4.69, 9.17) is 4.74 Å². The Morgan fingerprint density at radius 3 is 2.69 bits per heavy atom. The van der Waals surface area contributed by atoms with Gasteiger partial charge in [0.1, 0.15) is 0 Å². The van der Waals surface area contributed by atoms with Gasteiger partial charge in [0.05, 0.1) is 16.9 Å². The van der Waals surface area contributed by atoms with Crippen molar-refractivity contribution in [3.05, 3.63) is 28.7 Å². The first-order valence-corrected chi connectivity index (χ1v) is 11.2. The quantitative estimate of drug-likeness (QED) is 0.622. The highest BCUT2D eigenvalue weighted by Gasteiger charge is 2.33. The maximum atomic E-state index is 12.8. The van der Waals surface area contributed by atoms with Crippen molar-refractivity contribution in [2.45, 2.75) is 44.1 Å². The number of halogens is 1. The lowest BCUT2D eigenvalue weighted by Crippen LogP contribution is -2.45. The monoisotopic (exact) mass is 446 g/mol. The summed E-state index contributed by atoms with van der Waals surface area (Å²) in [6.45, 7) is 5.77. The molecule has 1 aromatic rings. The molecule has 2 rings (SSSR count). The first-order chi connectivity index (χ1) is 12.3. The summed E-state index contributed by atoms with van der Waals surface area (Å²) in [5.74, 6) is -0.384. The molecule has 0 aromatic heterocycles. The number of hydrogen-bond donors (Lipinski definition) is 1. The van der Waals surface area contributed by atoms with Crippen LogP contribution in [-0.4, -0.2) is 51.0 Å². The zero-order valence-electron chi connectivity index (χ0n) is 15.3. The second-order valence-electron chi connectivity index (χ2n) is 6.72. The average Bonchev–Trinajstić information content (AvgIpc) is 2.61. The molecule has 1 amide bonds. The van der Waals surface area contributed by atoms with E-state index in [0.717, 1.165) is 10.9 Å². The number of nitrogens with one attached hydrogen (secondary N) is 1. The highest BCUT2D eigenvalue weighted by molar-refractivity contribution is 9.10. The standard InChI is InChI=1S/C18H27BrN2O4S/c1-14(2)25-12-4-10-20-18(22)15-5-3-11-21(13-15)26(23,24)17-8-6-16(19)7-9-17/h6-9,14-15H,3-5,10-13H2,1-2H3,(H,20,22)/t15-/m1/s1. The molecular formula is C18H27BrN2O4S. The smallest absolute Gasteiger partial charge is 0.243 e. The Morgan fingerprint density at radius 2 is 2.04 bits per heavy atom. The molecule has 0 unspecified atom stereocenters. The molecule has 146 valence electrons. The third-order valence-electron chi connectivity index (χ3n) is 4.28. The lowest BCUT2D eigenvalue weighted by molar-refractivity contribution is -0.126. The maximum absolute atomic E-state index is 12.8. The maximum Gasteiger partial charge on any atom is 0.243 e. The van der Waals surface area contributed by atoms with Crippen molar-refractivity contribution in [2.75, 3.05) is 26.2 Å². The Labute approximate surface area is 164 Å². The predicted molar refractivity (Wildman–Crippen MR) is 104 cm³/mol. The third-order valence-corrected chi connectivity index (χ3v) is 6.69. The predicted octanol–water partition coefficient (Wildman–Crippen LogP) is 2.78. The minimum absolute atomic E-state index is 0.0785. The topological polar surface area (TPSA) is 75.7 Å². The van der Waals surface area contributed by atoms with Crippen molar-refractivity contribution < 1.29 is 17.9 Å². The largest absolute Gasteiger partial charge is 0.379 e. The molecule has 0 spiro atoms. The Balaban J connectivity index is 1.89. The highest BCUT2D eigenvalue weighted by Crippen LogP contribution is 2.24. The minimum Gasteiger partial charge on any atom is -0.379 e. The number of ether oxygens (including phenoxy) is 1. The minimum atomic E-state index is -3.57. The molecule has 1 aliphatic rings. The number of piperidine rings is 1. The van der Waals surface area contributed by atoms with Gasteiger partial charge in [-0.15, -0.1) is 0 Å². The van der Waals surface area contributed by atoms with Crippen molar-refractivity contribution in [1.82, 2.24) is 9.62 Å². The van der Waals surface area contributed by atoms with E-state index >= 15 is 0 Å². The molecule has 1 aliphatic heterocycles. The fraction of sp³-hybridized carbons (Fsp3) is 0.611. The number of carbonyl (C=O) groups is 1. The second kappa shape index (κ2) is 9.82. The summed E-state index contributed by atoms with van der Waals surface area (Å²) in [4.78, 5) is 12.6. The molecule has 8 heteroatoms. The van der Waals surface area contributed by atoms with Crippen LogP contribution in [0.15, 0.2) is 33.6 Å². The Hall–Kier alpha value is -0.960. The normalized spacial score (nSPS) is 18.8. The average molecular weight is 447 g/mol. The van der Waals surface area contributed by atoms with Gasteiger partial charge in [0, 0.05) is 30.7 Å². The lowest BCUT2D eigenvalue weighted by Gasteiger charge is -2.31. The van der Waals surface area contributed by atoms with Crippen LogP contribution in [0.5, 0.6) is 0 Å². The van der Waals surface area contributed by atoms with Crippen LogP contribution in [0.4, 0.5) is 0 Å². The number of nitrogens with zero attached hydrogens (tertiary/aromatic N) is 1. The molecule has 26 heavy (non-hydrogen) atoms. The summed E-state index contributed by atoms with van der Waals surface area (Å²) in [6, 6.07) is 6.58. The van der Waals surface area contributed by atoms with E-state index < -0.39 is 10.0 Å². The molecule has 0 bridgehead atoms. The molecule has 1 saturated heterocycles. The number of sulfonamides is 1. The van der Waals surface area contributed by atoms with Crippen LogP contribution in [0.25, 0.3) is 0 Å². The van der Waals surface area contributed by atoms with Gasteiger partial charge < -0.3 is 10.1 Å². The van der Waals surface area contributed by atoms with E-state index in [-0.39, 0.29) is 29.4 Å². The molecule has 1 N–H and O–H groups in total. The first-order valence-electron chi connectivity index (χ1n) is 8.95. The molecule has 6 nitrogen and oxygen atoms in total. The first kappa shape index (κ1) is 21.3. The summed E-state index contributed by atoms with van der Waals surface area (Å²) in [5.41, 5.74) is 0. The molecule has 1 aromatic carbocycles. The van der Waals surface area contributed by atoms with Gasteiger partial charge in [-0.05, 0) is 57.4 Å². The van der Waals surface area contributed by atoms with Crippen LogP contribution in [0.3, 0.4) is 0 Å². The van der Waals surface area contributed by atoms with E-state index in [0.29, 0.717) is 32.5 Å². The van der Waals surface area contributed by atoms with Crippen molar-refractivity contribution >= 4 is 31.9 Å². The van der Waals surface area contributed by atoms with E-state index in [1.54, 1.807) is 24.3 Å². The van der Waals surface area contributed by atoms with Crippen molar-refractivity contribution in [3.63, 3.8) is 0 Å². The fourth-order valence-corrected chi connectivity index (χ4v) is 4.67. The second-order valence-corrected chi connectivity index (χ2v) is 9.57. The van der Waals surface area contributed by atoms with Gasteiger partial charge >= 0.3 is 0 Å². The molecule has 1 fully saturated rings. The number of benzene rings is 1. The number of amides is 1. The van der Waals surface area contributed by atoms with Gasteiger partial charge in [-0.25, -0.2) is 8.42 Å². The Morgan fingerprint density at radius 1 is 1.35 bits per heavy atom. The van der Waals surface area contributed by atoms with Crippen molar-refractivity contribution in [1.29, 1.82) is 0 Å². The molecule has 0 radical (unpaired) electrons. The van der Waals surface area contributed by atoms with Gasteiger partial charge in [0.25, 0.3) is 0 Å². The SMILES string of the molecule is CC(C)OCCCNC(=O)[C@@H]1CCCN(S(=O)(=O)c2ccc(Br)cc2)C1. The summed E-state index contributed by atoms with van der Waals surface area (Å²) in [5, 5.41) is 2.90. The molecule has 1 atom stereocenters. The Bertz CT molecular complexity index is 692. The Kier molecular flexibility index (Phi) is 8.06. The highest BCUT2D eigenvalue weighted by atomic mass is 79.9. The lowest BCUT2D eigenvalue weighted by atomic mass is 9.99. The summed E-state index contributed by atoms with van der Waals surface area (Å²) >= 11 is 3.31. The summed E-state index contributed by atoms with van der Waals surface area (Å²) in [6.07, 6.45) is 2.32. The van der Waals surface area contributed by atoms with Crippen molar-refractivity contribution in [3.8, 4) is 0 Å². The summed E-state index contributed by atoms with van der Waals surface area (Å²) in [7, 11) is -3.57. The van der Waals surface area contributed by atoms with Gasteiger partial charge in [-0.3, -0.25) is 4.79 Å². The number of rotatable bonds is 8. The van der Waals surface area contributed by atoms with Crippen LogP contribution in [0, 0.1) is 5.92 Å². The zero-order valence-corrected chi connectivity index (χ0v) is 17.7. The van der Waals surface area contributed by atoms with Gasteiger partial charge in [0.2, 0.25) is 15.9 Å². The third kappa shape index (κ3) is 6.04. The molecule has 0 saturated carbocycles. The number of hydrogen-bond acceptors (Lipinski definition) is 4. The zero-order chi connectivity index (χ0) is 19.2. The van der Waals surface area contributed by atoms with Crippen LogP contribution >= 0.6 is 15.9 Å². The molecule has 0 aliphatic carbocycles. The van der Waals surface area contributed by atoms with Gasteiger partial charge in [-0.2, -0.15) is 4.31 Å². The van der Waals surface area contributed by atoms with Crippen LogP contribution < -0.4 is 5.32 Å². The van der Waals surface area contributed by atoms with Crippen LogP contribution in [0.2, 0.25) is 0 Å². The van der Waals surface area contributed by atoms with Gasteiger partial charge in [0.15, 0.2) is 0 Å². The van der Waals surface area contributed by atoms with E-state index in [2.05, 4.69) is 21.2 Å². The molecule has 1 heterocycles. The van der Waals surface area contributed by atoms with E-state index in [1.807, 2.05) is 13.8 Å². The van der Waals surface area contributed by atoms with E-state index in [9.17, 15) is 13.2 Å². The molecular weight excluding hydrogens is 420 g/mol.